The zero-order valence-corrected chi connectivity index (χ0v) is 19.5. The fourth-order valence-electron chi connectivity index (χ4n) is 3.35. The van der Waals surface area contributed by atoms with Gasteiger partial charge in [0.25, 0.3) is 0 Å². The summed E-state index contributed by atoms with van der Waals surface area (Å²) >= 11 is 4.82. The van der Waals surface area contributed by atoms with Crippen molar-refractivity contribution in [3.8, 4) is 28.3 Å². The van der Waals surface area contributed by atoms with Crippen molar-refractivity contribution in [1.82, 2.24) is 4.72 Å². The van der Waals surface area contributed by atoms with Crippen molar-refractivity contribution in [2.45, 2.75) is 11.4 Å². The van der Waals surface area contributed by atoms with Crippen LogP contribution in [-0.4, -0.2) is 8.42 Å². The maximum absolute atomic E-state index is 12.8. The minimum atomic E-state index is -3.67. The van der Waals surface area contributed by atoms with Crippen LogP contribution in [0.1, 0.15) is 9.75 Å². The summed E-state index contributed by atoms with van der Waals surface area (Å²) < 4.78 is 29.1. The highest BCUT2D eigenvalue weighted by Crippen LogP contribution is 2.43. The Balaban J connectivity index is 1.82. The Morgan fingerprint density at radius 2 is 1.52 bits per heavy atom. The van der Waals surface area contributed by atoms with E-state index in [1.807, 2.05) is 54.6 Å². The summed E-state index contributed by atoms with van der Waals surface area (Å²) in [4.78, 5) is 1.55. The molecule has 1 aromatic heterocycles. The summed E-state index contributed by atoms with van der Waals surface area (Å²) in [6.45, 7) is 0.0921. The lowest BCUT2D eigenvalue weighted by Crippen LogP contribution is -2.23. The Bertz CT molecular complexity index is 1360. The maximum Gasteiger partial charge on any atom is 0.240 e. The van der Waals surface area contributed by atoms with Crippen molar-refractivity contribution in [2.24, 2.45) is 0 Å². The van der Waals surface area contributed by atoms with Gasteiger partial charge in [0.05, 0.1) is 4.90 Å². The molecule has 154 valence electrons. The molecule has 1 heterocycles. The number of nitriles is 1. The molecule has 0 bridgehead atoms. The molecular weight excluding hydrogens is 492 g/mol. The summed E-state index contributed by atoms with van der Waals surface area (Å²) in [6.07, 6.45) is 0. The fraction of sp³-hybridized carbons (Fsp3) is 0.0417. The van der Waals surface area contributed by atoms with Crippen molar-refractivity contribution in [2.75, 3.05) is 0 Å². The first kappa shape index (κ1) is 21.5. The van der Waals surface area contributed by atoms with Gasteiger partial charge in [-0.2, -0.15) is 5.26 Å². The van der Waals surface area contributed by atoms with E-state index in [0.29, 0.717) is 4.88 Å². The third-order valence-electron chi connectivity index (χ3n) is 4.73. The van der Waals surface area contributed by atoms with Crippen molar-refractivity contribution in [3.05, 3.63) is 99.2 Å². The highest BCUT2D eigenvalue weighted by molar-refractivity contribution is 9.10. The molecule has 0 aliphatic rings. The number of nitrogens with zero attached hydrogens (tertiary/aromatic N) is 1. The highest BCUT2D eigenvalue weighted by atomic mass is 79.9. The molecule has 7 heteroatoms. The number of sulfonamides is 1. The highest BCUT2D eigenvalue weighted by Gasteiger charge is 2.23. The lowest BCUT2D eigenvalue weighted by atomic mass is 9.95. The molecule has 0 atom stereocenters. The third kappa shape index (κ3) is 4.63. The quantitative estimate of drug-likeness (QED) is 0.337. The van der Waals surface area contributed by atoms with Gasteiger partial charge in [-0.25, -0.2) is 13.1 Å². The first-order valence-corrected chi connectivity index (χ1v) is 12.5. The van der Waals surface area contributed by atoms with E-state index in [9.17, 15) is 13.7 Å². The molecule has 3 aromatic carbocycles. The SMILES string of the molecule is N#Cc1sc(CNS(=O)(=O)c2ccccc2)c(-c2ccccc2)c1-c1cccc(Br)c1. The van der Waals surface area contributed by atoms with E-state index in [0.717, 1.165) is 31.6 Å². The summed E-state index contributed by atoms with van der Waals surface area (Å²) in [5, 5.41) is 9.85. The number of thiophene rings is 1. The van der Waals surface area contributed by atoms with E-state index in [2.05, 4.69) is 26.7 Å². The minimum absolute atomic E-state index is 0.0921. The van der Waals surface area contributed by atoms with Gasteiger partial charge in [-0.3, -0.25) is 0 Å². The molecule has 31 heavy (non-hydrogen) atoms. The molecule has 0 radical (unpaired) electrons. The number of benzene rings is 3. The average molecular weight is 509 g/mol. The van der Waals surface area contributed by atoms with Crippen LogP contribution in [-0.2, 0) is 16.6 Å². The van der Waals surface area contributed by atoms with Gasteiger partial charge in [-0.15, -0.1) is 11.3 Å². The summed E-state index contributed by atoms with van der Waals surface area (Å²) in [7, 11) is -3.67. The molecule has 0 unspecified atom stereocenters. The molecule has 0 fully saturated rings. The molecule has 0 aliphatic carbocycles. The molecule has 0 spiro atoms. The molecule has 1 N–H and O–H groups in total. The maximum atomic E-state index is 12.8. The summed E-state index contributed by atoms with van der Waals surface area (Å²) in [5.74, 6) is 0. The van der Waals surface area contributed by atoms with Crippen LogP contribution >= 0.6 is 27.3 Å². The average Bonchev–Trinajstić information content (AvgIpc) is 3.18. The normalized spacial score (nSPS) is 11.2. The van der Waals surface area contributed by atoms with Crippen LogP contribution in [0.3, 0.4) is 0 Å². The van der Waals surface area contributed by atoms with Gasteiger partial charge in [0.2, 0.25) is 10.0 Å². The molecule has 0 amide bonds. The number of nitrogens with one attached hydrogen (secondary N) is 1. The van der Waals surface area contributed by atoms with Gasteiger partial charge in [-0.1, -0.05) is 76.6 Å². The zero-order chi connectivity index (χ0) is 21.8. The van der Waals surface area contributed by atoms with Crippen LogP contribution in [0.25, 0.3) is 22.3 Å². The van der Waals surface area contributed by atoms with Crippen molar-refractivity contribution >= 4 is 37.3 Å². The van der Waals surface area contributed by atoms with Crippen LogP contribution in [0, 0.1) is 11.3 Å². The largest absolute Gasteiger partial charge is 0.240 e. The lowest BCUT2D eigenvalue weighted by molar-refractivity contribution is 0.582. The first-order chi connectivity index (χ1) is 15.0. The standard InChI is InChI=1S/C24H17BrN2O2S2/c25-19-11-7-10-18(14-19)24-21(15-26)30-22(23(24)17-8-3-1-4-9-17)16-27-31(28,29)20-12-5-2-6-13-20/h1-14,27H,16H2. The predicted molar refractivity (Wildman–Crippen MR) is 128 cm³/mol. The zero-order valence-electron chi connectivity index (χ0n) is 16.2. The topological polar surface area (TPSA) is 70.0 Å². The third-order valence-corrected chi connectivity index (χ3v) is 7.74. The van der Waals surface area contributed by atoms with E-state index < -0.39 is 10.0 Å². The molecule has 4 rings (SSSR count). The van der Waals surface area contributed by atoms with Gasteiger partial charge in [0.1, 0.15) is 10.9 Å². The predicted octanol–water partition coefficient (Wildman–Crippen LogP) is 6.19. The fourth-order valence-corrected chi connectivity index (χ4v) is 5.94. The summed E-state index contributed by atoms with van der Waals surface area (Å²) in [6, 6.07) is 28.1. The van der Waals surface area contributed by atoms with Crippen LogP contribution in [0.15, 0.2) is 94.3 Å². The number of halogens is 1. The molecule has 0 saturated carbocycles. The van der Waals surface area contributed by atoms with Crippen molar-refractivity contribution < 1.29 is 8.42 Å². The second-order valence-corrected chi connectivity index (χ2v) is 10.5. The number of hydrogen-bond donors (Lipinski definition) is 1. The summed E-state index contributed by atoms with van der Waals surface area (Å²) in [5.41, 5.74) is 3.52. The molecule has 0 saturated heterocycles. The Morgan fingerprint density at radius 3 is 2.16 bits per heavy atom. The van der Waals surface area contributed by atoms with Crippen LogP contribution < -0.4 is 4.72 Å². The lowest BCUT2D eigenvalue weighted by Gasteiger charge is -2.11. The number of hydrogen-bond acceptors (Lipinski definition) is 4. The van der Waals surface area contributed by atoms with Crippen LogP contribution in [0.5, 0.6) is 0 Å². The van der Waals surface area contributed by atoms with E-state index in [4.69, 9.17) is 0 Å². The van der Waals surface area contributed by atoms with E-state index >= 15 is 0 Å². The van der Waals surface area contributed by atoms with Crippen LogP contribution in [0.4, 0.5) is 0 Å². The molecule has 4 aromatic rings. The molecule has 0 aliphatic heterocycles. The van der Waals surface area contributed by atoms with Gasteiger partial charge >= 0.3 is 0 Å². The number of rotatable bonds is 6. The smallest absolute Gasteiger partial charge is 0.207 e. The van der Waals surface area contributed by atoms with E-state index in [1.165, 1.54) is 11.3 Å². The van der Waals surface area contributed by atoms with Crippen molar-refractivity contribution in [1.29, 1.82) is 5.26 Å². The minimum Gasteiger partial charge on any atom is -0.207 e. The van der Waals surface area contributed by atoms with Gasteiger partial charge < -0.3 is 0 Å². The van der Waals surface area contributed by atoms with Gasteiger partial charge in [0.15, 0.2) is 0 Å². The Kier molecular flexibility index (Phi) is 6.35. The monoisotopic (exact) mass is 508 g/mol. The van der Waals surface area contributed by atoms with Crippen molar-refractivity contribution in [3.63, 3.8) is 0 Å². The Morgan fingerprint density at radius 1 is 0.871 bits per heavy atom. The van der Waals surface area contributed by atoms with Crippen LogP contribution in [0.2, 0.25) is 0 Å². The van der Waals surface area contributed by atoms with Gasteiger partial charge in [0, 0.05) is 27.0 Å². The van der Waals surface area contributed by atoms with Gasteiger partial charge in [-0.05, 0) is 35.4 Å². The Labute approximate surface area is 194 Å². The first-order valence-electron chi connectivity index (χ1n) is 9.41. The van der Waals surface area contributed by atoms with E-state index in [1.54, 1.807) is 30.3 Å². The molecular formula is C24H17BrN2O2S2. The van der Waals surface area contributed by atoms with E-state index in [-0.39, 0.29) is 11.4 Å². The Hall–Kier alpha value is -2.76. The second-order valence-electron chi connectivity index (χ2n) is 6.73. The second kappa shape index (κ2) is 9.16. The molecule has 4 nitrogen and oxygen atoms in total.